The summed E-state index contributed by atoms with van der Waals surface area (Å²) in [4.78, 5) is 9.47. The molecule has 2 fully saturated rings. The monoisotopic (exact) mass is 294 g/mol. The number of aromatic nitrogens is 1. The Kier molecular flexibility index (Phi) is 4.44. The molecule has 4 nitrogen and oxygen atoms in total. The molecule has 0 radical (unpaired) electrons. The summed E-state index contributed by atoms with van der Waals surface area (Å²) in [6, 6.07) is 2.61. The van der Waals surface area contributed by atoms with Crippen LogP contribution in [0, 0.1) is 0 Å². The Morgan fingerprint density at radius 2 is 2.05 bits per heavy atom. The summed E-state index contributed by atoms with van der Waals surface area (Å²) in [6.07, 6.45) is 7.15. The van der Waals surface area contributed by atoms with E-state index in [4.69, 9.17) is 17.3 Å². The fourth-order valence-electron chi connectivity index (χ4n) is 3.33. The SMILES string of the molecule is NCc1cnc(N2CCC(N3CCCCC3)C2)c(Cl)c1. The number of rotatable bonds is 3. The van der Waals surface area contributed by atoms with Gasteiger partial charge in [-0.05, 0) is 44.0 Å². The molecule has 20 heavy (non-hydrogen) atoms. The lowest BCUT2D eigenvalue weighted by Crippen LogP contribution is -2.41. The van der Waals surface area contributed by atoms with Crippen molar-refractivity contribution < 1.29 is 0 Å². The molecule has 3 heterocycles. The lowest BCUT2D eigenvalue weighted by molar-refractivity contribution is 0.175. The number of hydrogen-bond acceptors (Lipinski definition) is 4. The molecule has 1 aromatic rings. The summed E-state index contributed by atoms with van der Waals surface area (Å²) in [5, 5.41) is 0.729. The second-order valence-corrected chi connectivity index (χ2v) is 6.25. The topological polar surface area (TPSA) is 45.4 Å². The summed E-state index contributed by atoms with van der Waals surface area (Å²) in [5.41, 5.74) is 6.61. The molecule has 2 aliphatic heterocycles. The van der Waals surface area contributed by atoms with Gasteiger partial charge >= 0.3 is 0 Å². The minimum absolute atomic E-state index is 0.489. The summed E-state index contributed by atoms with van der Waals surface area (Å²) in [5.74, 6) is 0.920. The maximum Gasteiger partial charge on any atom is 0.147 e. The van der Waals surface area contributed by atoms with E-state index in [2.05, 4.69) is 14.8 Å². The average Bonchev–Trinajstić information content (AvgIpc) is 2.97. The van der Waals surface area contributed by atoms with Gasteiger partial charge in [0.05, 0.1) is 5.02 Å². The Morgan fingerprint density at radius 3 is 2.75 bits per heavy atom. The number of hydrogen-bond donors (Lipinski definition) is 1. The van der Waals surface area contributed by atoms with E-state index in [-0.39, 0.29) is 0 Å². The van der Waals surface area contributed by atoms with Crippen molar-refractivity contribution in [1.29, 1.82) is 0 Å². The average molecular weight is 295 g/mol. The Balaban J connectivity index is 1.67. The van der Waals surface area contributed by atoms with Crippen LogP contribution in [0.4, 0.5) is 5.82 Å². The first-order valence-electron chi connectivity index (χ1n) is 7.61. The van der Waals surface area contributed by atoms with E-state index < -0.39 is 0 Å². The second kappa shape index (κ2) is 6.29. The molecule has 3 rings (SSSR count). The maximum absolute atomic E-state index is 6.35. The summed E-state index contributed by atoms with van der Waals surface area (Å²) >= 11 is 6.35. The van der Waals surface area contributed by atoms with Gasteiger partial charge in [-0.1, -0.05) is 18.0 Å². The van der Waals surface area contributed by atoms with E-state index in [0.717, 1.165) is 29.5 Å². The van der Waals surface area contributed by atoms with Gasteiger partial charge < -0.3 is 10.6 Å². The van der Waals surface area contributed by atoms with Crippen molar-refractivity contribution in [3.05, 3.63) is 22.8 Å². The highest BCUT2D eigenvalue weighted by molar-refractivity contribution is 6.33. The van der Waals surface area contributed by atoms with Crippen LogP contribution in [0.2, 0.25) is 5.02 Å². The molecule has 0 spiro atoms. The van der Waals surface area contributed by atoms with Crippen molar-refractivity contribution in [2.24, 2.45) is 5.73 Å². The quantitative estimate of drug-likeness (QED) is 0.929. The minimum atomic E-state index is 0.489. The van der Waals surface area contributed by atoms with Gasteiger partial charge in [0.15, 0.2) is 0 Å². The number of likely N-dealkylation sites (tertiary alicyclic amines) is 1. The van der Waals surface area contributed by atoms with Gasteiger partial charge in [0.2, 0.25) is 0 Å². The van der Waals surface area contributed by atoms with Gasteiger partial charge in [-0.15, -0.1) is 0 Å². The molecule has 0 saturated carbocycles. The molecule has 2 N–H and O–H groups in total. The lowest BCUT2D eigenvalue weighted by atomic mass is 10.1. The molecule has 1 unspecified atom stereocenters. The molecular formula is C15H23ClN4. The highest BCUT2D eigenvalue weighted by atomic mass is 35.5. The van der Waals surface area contributed by atoms with E-state index >= 15 is 0 Å². The number of piperidine rings is 1. The molecular weight excluding hydrogens is 272 g/mol. The Bertz CT molecular complexity index is 459. The molecule has 0 bridgehead atoms. The van der Waals surface area contributed by atoms with Gasteiger partial charge in [-0.2, -0.15) is 0 Å². The van der Waals surface area contributed by atoms with Crippen LogP contribution in [-0.2, 0) is 6.54 Å². The van der Waals surface area contributed by atoms with Crippen molar-refractivity contribution in [2.45, 2.75) is 38.3 Å². The Labute approximate surface area is 125 Å². The maximum atomic E-state index is 6.35. The molecule has 110 valence electrons. The van der Waals surface area contributed by atoms with E-state index in [9.17, 15) is 0 Å². The zero-order chi connectivity index (χ0) is 13.9. The van der Waals surface area contributed by atoms with E-state index in [1.807, 2.05) is 12.3 Å². The third kappa shape index (κ3) is 2.92. The number of anilines is 1. The fourth-order valence-corrected chi connectivity index (χ4v) is 3.64. The van der Waals surface area contributed by atoms with Crippen molar-refractivity contribution >= 4 is 17.4 Å². The molecule has 2 saturated heterocycles. The molecule has 1 atom stereocenters. The third-order valence-corrected chi connectivity index (χ3v) is 4.76. The smallest absolute Gasteiger partial charge is 0.147 e. The molecule has 2 aliphatic rings. The summed E-state index contributed by atoms with van der Waals surface area (Å²) in [6.45, 7) is 5.10. The van der Waals surface area contributed by atoms with Crippen LogP contribution < -0.4 is 10.6 Å². The largest absolute Gasteiger partial charge is 0.354 e. The number of halogens is 1. The fraction of sp³-hybridized carbons (Fsp3) is 0.667. The normalized spacial score (nSPS) is 24.3. The van der Waals surface area contributed by atoms with E-state index in [1.54, 1.807) is 0 Å². The number of pyridine rings is 1. The molecule has 0 aromatic carbocycles. The zero-order valence-electron chi connectivity index (χ0n) is 11.9. The van der Waals surface area contributed by atoms with Gasteiger partial charge in [0.25, 0.3) is 0 Å². The van der Waals surface area contributed by atoms with Crippen LogP contribution in [0.25, 0.3) is 0 Å². The third-order valence-electron chi connectivity index (χ3n) is 4.48. The molecule has 0 amide bonds. The molecule has 5 heteroatoms. The van der Waals surface area contributed by atoms with Gasteiger partial charge in [-0.25, -0.2) is 4.98 Å². The van der Waals surface area contributed by atoms with Gasteiger partial charge in [0, 0.05) is 31.9 Å². The first-order valence-corrected chi connectivity index (χ1v) is 7.99. The van der Waals surface area contributed by atoms with Crippen LogP contribution >= 0.6 is 11.6 Å². The minimum Gasteiger partial charge on any atom is -0.354 e. The highest BCUT2D eigenvalue weighted by Gasteiger charge is 2.29. The first-order chi connectivity index (χ1) is 9.78. The number of nitrogens with zero attached hydrogens (tertiary/aromatic N) is 3. The van der Waals surface area contributed by atoms with Crippen LogP contribution in [0.15, 0.2) is 12.3 Å². The number of nitrogens with two attached hydrogens (primary N) is 1. The lowest BCUT2D eigenvalue weighted by Gasteiger charge is -2.32. The van der Waals surface area contributed by atoms with E-state index in [1.165, 1.54) is 38.8 Å². The highest BCUT2D eigenvalue weighted by Crippen LogP contribution is 2.29. The Hall–Kier alpha value is -0.840. The summed E-state index contributed by atoms with van der Waals surface area (Å²) < 4.78 is 0. The van der Waals surface area contributed by atoms with Crippen LogP contribution in [0.3, 0.4) is 0 Å². The van der Waals surface area contributed by atoms with Crippen LogP contribution in [0.1, 0.15) is 31.2 Å². The van der Waals surface area contributed by atoms with Crippen LogP contribution in [-0.4, -0.2) is 42.1 Å². The standard InChI is InChI=1S/C15H23ClN4/c16-14-8-12(9-17)10-18-15(14)20-7-4-13(11-20)19-5-2-1-3-6-19/h8,10,13H,1-7,9,11,17H2. The zero-order valence-corrected chi connectivity index (χ0v) is 12.6. The predicted octanol–water partition coefficient (Wildman–Crippen LogP) is 2.26. The van der Waals surface area contributed by atoms with Crippen molar-refractivity contribution in [2.75, 3.05) is 31.1 Å². The first kappa shape index (κ1) is 14.1. The molecule has 0 aliphatic carbocycles. The molecule has 1 aromatic heterocycles. The Morgan fingerprint density at radius 1 is 1.25 bits per heavy atom. The van der Waals surface area contributed by atoms with Crippen molar-refractivity contribution in [1.82, 2.24) is 9.88 Å². The van der Waals surface area contributed by atoms with E-state index in [0.29, 0.717) is 12.6 Å². The summed E-state index contributed by atoms with van der Waals surface area (Å²) in [7, 11) is 0. The van der Waals surface area contributed by atoms with Crippen molar-refractivity contribution in [3.63, 3.8) is 0 Å². The van der Waals surface area contributed by atoms with Gasteiger partial charge in [-0.3, -0.25) is 4.90 Å². The van der Waals surface area contributed by atoms with Crippen LogP contribution in [0.5, 0.6) is 0 Å². The van der Waals surface area contributed by atoms with Crippen molar-refractivity contribution in [3.8, 4) is 0 Å². The van der Waals surface area contributed by atoms with Gasteiger partial charge in [0.1, 0.15) is 5.82 Å². The second-order valence-electron chi connectivity index (χ2n) is 5.84. The predicted molar refractivity (Wildman–Crippen MR) is 83.2 cm³/mol.